The van der Waals surface area contributed by atoms with Gasteiger partial charge in [0.2, 0.25) is 11.8 Å². The average Bonchev–Trinajstić information content (AvgIpc) is 3.44. The van der Waals surface area contributed by atoms with E-state index in [1.807, 2.05) is 41.3 Å². The number of para-hydroxylation sites is 1. The molecule has 4 atom stereocenters. The van der Waals surface area contributed by atoms with Crippen LogP contribution in [0.1, 0.15) is 15.9 Å². The van der Waals surface area contributed by atoms with Gasteiger partial charge in [0.1, 0.15) is 23.2 Å². The zero-order valence-electron chi connectivity index (χ0n) is 21.3. The molecule has 0 unspecified atom stereocenters. The summed E-state index contributed by atoms with van der Waals surface area (Å²) in [5, 5.41) is 11.5. The van der Waals surface area contributed by atoms with Gasteiger partial charge in [-0.05, 0) is 51.8 Å². The van der Waals surface area contributed by atoms with Crippen molar-refractivity contribution in [1.29, 1.82) is 0 Å². The van der Waals surface area contributed by atoms with Crippen molar-refractivity contribution < 1.29 is 28.8 Å². The molecule has 2 saturated heterocycles. The predicted octanol–water partition coefficient (Wildman–Crippen LogP) is 4.65. The van der Waals surface area contributed by atoms with E-state index in [2.05, 4.69) is 15.9 Å². The summed E-state index contributed by atoms with van der Waals surface area (Å²) in [6.07, 6.45) is 3.73. The van der Waals surface area contributed by atoms with Crippen LogP contribution in [0.3, 0.4) is 0 Å². The lowest BCUT2D eigenvalue weighted by Gasteiger charge is -2.36. The van der Waals surface area contributed by atoms with E-state index in [-0.39, 0.29) is 22.9 Å². The molecule has 3 aliphatic heterocycles. The third-order valence-electron chi connectivity index (χ3n) is 7.73. The van der Waals surface area contributed by atoms with Crippen LogP contribution in [0.15, 0.2) is 71.2 Å². The zero-order valence-corrected chi connectivity index (χ0v) is 22.9. The van der Waals surface area contributed by atoms with Crippen LogP contribution in [-0.4, -0.2) is 48.8 Å². The zero-order chi connectivity index (χ0) is 28.3. The van der Waals surface area contributed by atoms with E-state index >= 15 is 0 Å². The first-order valence-corrected chi connectivity index (χ1v) is 13.2. The third kappa shape index (κ3) is 3.72. The lowest BCUT2D eigenvalue weighted by atomic mass is 9.86. The average molecular weight is 604 g/mol. The number of rotatable bonds is 6. The number of non-ortho nitro benzene ring substituents is 1. The lowest BCUT2D eigenvalue weighted by molar-refractivity contribution is -0.384. The molecular formula is C29H22BrN3O7. The summed E-state index contributed by atoms with van der Waals surface area (Å²) < 4.78 is 11.2. The van der Waals surface area contributed by atoms with E-state index in [0.29, 0.717) is 15.8 Å². The summed E-state index contributed by atoms with van der Waals surface area (Å²) in [5.74, 6) is -2.74. The standard InChI is InChI=1S/C29H22BrN3O7/c1-39-22-11-8-16(13-18(22)30)27(34)26-25-24(20-10-7-15-5-3-4-6-19(15)31(20)26)28(35)32(29(25)36)21-14-17(33(37)38)9-12-23(21)40-2/h3-14,20,24-26H,1-2H3/t20-,24-,25+,26-/m0/s1. The van der Waals surface area contributed by atoms with Gasteiger partial charge in [-0.15, -0.1) is 0 Å². The van der Waals surface area contributed by atoms with Crippen molar-refractivity contribution >= 4 is 56.7 Å². The van der Waals surface area contributed by atoms with Gasteiger partial charge in [-0.25, -0.2) is 4.90 Å². The fourth-order valence-corrected chi connectivity index (χ4v) is 6.55. The van der Waals surface area contributed by atoms with Crippen molar-refractivity contribution in [3.63, 3.8) is 0 Å². The quantitative estimate of drug-likeness (QED) is 0.173. The fraction of sp³-hybridized carbons (Fsp3) is 0.207. The molecular weight excluding hydrogens is 582 g/mol. The van der Waals surface area contributed by atoms with E-state index in [1.165, 1.54) is 26.4 Å². The highest BCUT2D eigenvalue weighted by atomic mass is 79.9. The lowest BCUT2D eigenvalue weighted by Crippen LogP contribution is -2.48. The molecule has 0 spiro atoms. The molecule has 0 radical (unpaired) electrons. The van der Waals surface area contributed by atoms with E-state index < -0.39 is 40.7 Å². The van der Waals surface area contributed by atoms with E-state index in [0.717, 1.165) is 22.2 Å². The smallest absolute Gasteiger partial charge is 0.271 e. The molecule has 0 N–H and O–H groups in total. The molecule has 202 valence electrons. The molecule has 3 heterocycles. The van der Waals surface area contributed by atoms with Crippen LogP contribution in [0.2, 0.25) is 0 Å². The number of nitro groups is 1. The van der Waals surface area contributed by atoms with Gasteiger partial charge >= 0.3 is 0 Å². The largest absolute Gasteiger partial charge is 0.496 e. The number of ether oxygens (including phenoxy) is 2. The van der Waals surface area contributed by atoms with Gasteiger partial charge in [-0.1, -0.05) is 30.4 Å². The minimum Gasteiger partial charge on any atom is -0.496 e. The van der Waals surface area contributed by atoms with Crippen LogP contribution in [0.4, 0.5) is 17.1 Å². The first kappa shape index (κ1) is 25.8. The number of hydrogen-bond acceptors (Lipinski definition) is 8. The highest BCUT2D eigenvalue weighted by Gasteiger charge is 2.64. The van der Waals surface area contributed by atoms with Crippen LogP contribution in [0.5, 0.6) is 11.5 Å². The molecule has 0 aromatic heterocycles. The molecule has 6 rings (SSSR count). The van der Waals surface area contributed by atoms with Gasteiger partial charge in [0, 0.05) is 23.4 Å². The van der Waals surface area contributed by atoms with E-state index in [4.69, 9.17) is 9.47 Å². The number of carbonyl (C=O) groups excluding carboxylic acids is 3. The van der Waals surface area contributed by atoms with Gasteiger partial charge in [0.15, 0.2) is 5.78 Å². The summed E-state index contributed by atoms with van der Waals surface area (Å²) in [4.78, 5) is 56.2. The Labute approximate surface area is 237 Å². The van der Waals surface area contributed by atoms with Crippen LogP contribution in [0, 0.1) is 22.0 Å². The topological polar surface area (TPSA) is 119 Å². The van der Waals surface area contributed by atoms with Crippen LogP contribution >= 0.6 is 15.9 Å². The second-order valence-electron chi connectivity index (χ2n) is 9.65. The van der Waals surface area contributed by atoms with Crippen molar-refractivity contribution in [3.8, 4) is 11.5 Å². The second kappa shape index (κ2) is 9.60. The molecule has 40 heavy (non-hydrogen) atoms. The van der Waals surface area contributed by atoms with Crippen molar-refractivity contribution in [1.82, 2.24) is 0 Å². The Bertz CT molecular complexity index is 1640. The first-order valence-electron chi connectivity index (χ1n) is 12.4. The number of halogens is 1. The number of nitrogens with zero attached hydrogens (tertiary/aromatic N) is 3. The van der Waals surface area contributed by atoms with Crippen LogP contribution in [0.25, 0.3) is 6.08 Å². The SMILES string of the molecule is COc1ccc(C(=O)[C@@H]2[C@@H]3C(=O)N(c4cc([N+](=O)[O-])ccc4OC)C(=O)[C@H]3[C@@H]3C=Cc4ccccc4N23)cc1Br. The number of benzene rings is 3. The van der Waals surface area contributed by atoms with E-state index in [1.54, 1.807) is 18.2 Å². The summed E-state index contributed by atoms with van der Waals surface area (Å²) >= 11 is 3.43. The van der Waals surface area contributed by atoms with Crippen molar-refractivity contribution in [2.24, 2.45) is 11.8 Å². The molecule has 0 saturated carbocycles. The summed E-state index contributed by atoms with van der Waals surface area (Å²) in [6.45, 7) is 0. The van der Waals surface area contributed by atoms with E-state index in [9.17, 15) is 24.5 Å². The van der Waals surface area contributed by atoms with Crippen molar-refractivity contribution in [3.05, 3.63) is 92.5 Å². The number of hydrogen-bond donors (Lipinski definition) is 0. The number of ketones is 1. The van der Waals surface area contributed by atoms with Gasteiger partial charge in [-0.2, -0.15) is 0 Å². The number of Topliss-reactive ketones (excluding diaryl/α,β-unsaturated/α-hetero) is 1. The third-order valence-corrected chi connectivity index (χ3v) is 8.35. The predicted molar refractivity (Wildman–Crippen MR) is 150 cm³/mol. The van der Waals surface area contributed by atoms with Gasteiger partial charge < -0.3 is 14.4 Å². The highest BCUT2D eigenvalue weighted by molar-refractivity contribution is 9.10. The molecule has 10 nitrogen and oxygen atoms in total. The van der Waals surface area contributed by atoms with Gasteiger partial charge in [0.25, 0.3) is 5.69 Å². The molecule has 0 aliphatic carbocycles. The molecule has 3 aliphatic rings. The molecule has 2 amide bonds. The molecule has 11 heteroatoms. The Morgan fingerprint density at radius 3 is 2.33 bits per heavy atom. The van der Waals surface area contributed by atoms with Gasteiger partial charge in [-0.3, -0.25) is 24.5 Å². The highest BCUT2D eigenvalue weighted by Crippen LogP contribution is 2.51. The number of amides is 2. The number of methoxy groups -OCH3 is 2. The normalized spacial score (nSPS) is 22.6. The molecule has 0 bridgehead atoms. The van der Waals surface area contributed by atoms with Crippen LogP contribution < -0.4 is 19.3 Å². The van der Waals surface area contributed by atoms with Crippen molar-refractivity contribution in [2.45, 2.75) is 12.1 Å². The fourth-order valence-electron chi connectivity index (χ4n) is 6.01. The first-order chi connectivity index (χ1) is 19.3. The minimum absolute atomic E-state index is 0.0220. The maximum Gasteiger partial charge on any atom is 0.271 e. The minimum atomic E-state index is -1.04. The Morgan fingerprint density at radius 1 is 0.925 bits per heavy atom. The monoisotopic (exact) mass is 603 g/mol. The number of imide groups is 1. The number of nitro benzene ring substituents is 1. The summed E-state index contributed by atoms with van der Waals surface area (Å²) in [7, 11) is 2.87. The maximum atomic E-state index is 14.2. The molecule has 3 aromatic carbocycles. The summed E-state index contributed by atoms with van der Waals surface area (Å²) in [5.41, 5.74) is 1.64. The Hall–Kier alpha value is -4.51. The maximum absolute atomic E-state index is 14.2. The number of carbonyl (C=O) groups is 3. The van der Waals surface area contributed by atoms with Crippen LogP contribution in [-0.2, 0) is 9.59 Å². The Kier molecular flexibility index (Phi) is 6.18. The Balaban J connectivity index is 1.50. The molecule has 2 fully saturated rings. The number of anilines is 2. The van der Waals surface area contributed by atoms with Crippen molar-refractivity contribution in [2.75, 3.05) is 24.0 Å². The number of fused-ring (bicyclic) bond motifs is 5. The van der Waals surface area contributed by atoms with Gasteiger partial charge in [0.05, 0.1) is 41.5 Å². The Morgan fingerprint density at radius 2 is 1.62 bits per heavy atom. The summed E-state index contributed by atoms with van der Waals surface area (Å²) in [6, 6.07) is 14.6. The molecule has 3 aromatic rings. The second-order valence-corrected chi connectivity index (χ2v) is 10.5.